The molecule has 3 aromatic carbocycles. The van der Waals surface area contributed by atoms with E-state index in [4.69, 9.17) is 14.3 Å². The molecule has 7 heteroatoms. The van der Waals surface area contributed by atoms with Crippen molar-refractivity contribution < 1.29 is 23.9 Å². The molecule has 2 aliphatic rings. The third-order valence-corrected chi connectivity index (χ3v) is 5.90. The molecule has 7 nitrogen and oxygen atoms in total. The SMILES string of the molecule is COc1ccc([C@@H]2[C@H]3C(=O)N(c4ccccc4)C(=O)[C@H]3ON2c2ccccc2)c(OC)c1. The number of carbonyl (C=O) groups is 2. The molecule has 0 N–H and O–H groups in total. The van der Waals surface area contributed by atoms with Crippen molar-refractivity contribution in [3.8, 4) is 11.5 Å². The van der Waals surface area contributed by atoms with Crippen LogP contribution < -0.4 is 19.4 Å². The molecule has 0 aromatic heterocycles. The second kappa shape index (κ2) is 8.01. The molecule has 2 heterocycles. The molecule has 3 atom stereocenters. The normalized spacial score (nSPS) is 22.2. The Hall–Kier alpha value is -3.84. The molecule has 2 aliphatic heterocycles. The number of methoxy groups -OCH3 is 2. The van der Waals surface area contributed by atoms with Crippen LogP contribution in [-0.2, 0) is 14.4 Å². The third kappa shape index (κ3) is 3.09. The molecule has 2 fully saturated rings. The lowest BCUT2D eigenvalue weighted by Gasteiger charge is -2.29. The van der Waals surface area contributed by atoms with Crippen LogP contribution >= 0.6 is 0 Å². The number of fused-ring (bicyclic) bond motifs is 1. The first-order valence-corrected chi connectivity index (χ1v) is 10.3. The van der Waals surface area contributed by atoms with Crippen molar-refractivity contribution in [3.05, 3.63) is 84.4 Å². The van der Waals surface area contributed by atoms with Gasteiger partial charge in [0.2, 0.25) is 5.91 Å². The molecule has 3 aromatic rings. The van der Waals surface area contributed by atoms with E-state index in [0.29, 0.717) is 17.2 Å². The van der Waals surface area contributed by atoms with Gasteiger partial charge in [0.05, 0.1) is 31.6 Å². The van der Waals surface area contributed by atoms with Crippen molar-refractivity contribution in [2.24, 2.45) is 5.92 Å². The monoisotopic (exact) mass is 430 g/mol. The van der Waals surface area contributed by atoms with Crippen molar-refractivity contribution in [3.63, 3.8) is 0 Å². The minimum atomic E-state index is -0.931. The first-order chi connectivity index (χ1) is 15.6. The summed E-state index contributed by atoms with van der Waals surface area (Å²) in [4.78, 5) is 34.3. The van der Waals surface area contributed by atoms with E-state index in [1.807, 2.05) is 48.5 Å². The summed E-state index contributed by atoms with van der Waals surface area (Å²) in [6.07, 6.45) is -0.931. The molecule has 0 radical (unpaired) electrons. The van der Waals surface area contributed by atoms with Crippen LogP contribution in [0.1, 0.15) is 11.6 Å². The number of imide groups is 1. The maximum absolute atomic E-state index is 13.6. The van der Waals surface area contributed by atoms with Crippen LogP contribution in [-0.4, -0.2) is 32.1 Å². The molecule has 162 valence electrons. The number of hydrogen-bond donors (Lipinski definition) is 0. The Morgan fingerprint density at radius 3 is 2.06 bits per heavy atom. The summed E-state index contributed by atoms with van der Waals surface area (Å²) < 4.78 is 11.0. The highest BCUT2D eigenvalue weighted by atomic mass is 16.7. The predicted molar refractivity (Wildman–Crippen MR) is 119 cm³/mol. The van der Waals surface area contributed by atoms with Gasteiger partial charge in [-0.1, -0.05) is 36.4 Å². The van der Waals surface area contributed by atoms with Gasteiger partial charge in [-0.05, 0) is 36.4 Å². The summed E-state index contributed by atoms with van der Waals surface area (Å²) in [5.74, 6) is -0.218. The fraction of sp³-hybridized carbons (Fsp3) is 0.200. The second-order valence-electron chi connectivity index (χ2n) is 7.61. The first-order valence-electron chi connectivity index (χ1n) is 10.3. The number of benzene rings is 3. The number of hydrogen-bond acceptors (Lipinski definition) is 6. The van der Waals surface area contributed by atoms with Gasteiger partial charge >= 0.3 is 0 Å². The van der Waals surface area contributed by atoms with Crippen molar-refractivity contribution in [1.29, 1.82) is 0 Å². The Labute approximate surface area is 185 Å². The van der Waals surface area contributed by atoms with Crippen LogP contribution in [0.25, 0.3) is 0 Å². The average Bonchev–Trinajstić information content (AvgIpc) is 3.35. The van der Waals surface area contributed by atoms with Gasteiger partial charge in [-0.2, -0.15) is 0 Å². The minimum Gasteiger partial charge on any atom is -0.497 e. The lowest BCUT2D eigenvalue weighted by atomic mass is 9.90. The highest BCUT2D eigenvalue weighted by Crippen LogP contribution is 2.49. The fourth-order valence-corrected chi connectivity index (χ4v) is 4.42. The van der Waals surface area contributed by atoms with Crippen molar-refractivity contribution in [1.82, 2.24) is 0 Å². The van der Waals surface area contributed by atoms with Crippen molar-refractivity contribution >= 4 is 23.2 Å². The Bertz CT molecular complexity index is 1150. The lowest BCUT2D eigenvalue weighted by Crippen LogP contribution is -2.37. The number of anilines is 2. The van der Waals surface area contributed by atoms with Crippen molar-refractivity contribution in [2.45, 2.75) is 12.1 Å². The summed E-state index contributed by atoms with van der Waals surface area (Å²) >= 11 is 0. The fourth-order valence-electron chi connectivity index (χ4n) is 4.42. The Balaban J connectivity index is 1.63. The highest BCUT2D eigenvalue weighted by Gasteiger charge is 2.60. The van der Waals surface area contributed by atoms with Gasteiger partial charge in [0.25, 0.3) is 5.91 Å². The van der Waals surface area contributed by atoms with Gasteiger partial charge < -0.3 is 9.47 Å². The van der Waals surface area contributed by atoms with Crippen LogP contribution in [0, 0.1) is 5.92 Å². The molecule has 0 aliphatic carbocycles. The molecule has 0 bridgehead atoms. The average molecular weight is 430 g/mol. The zero-order valence-electron chi connectivity index (χ0n) is 17.7. The predicted octanol–water partition coefficient (Wildman–Crippen LogP) is 3.75. The summed E-state index contributed by atoms with van der Waals surface area (Å²) in [6.45, 7) is 0. The number of hydroxylamine groups is 1. The van der Waals surface area contributed by atoms with Gasteiger partial charge in [-0.15, -0.1) is 0 Å². The van der Waals surface area contributed by atoms with Gasteiger partial charge in [0, 0.05) is 11.6 Å². The second-order valence-corrected chi connectivity index (χ2v) is 7.61. The topological polar surface area (TPSA) is 68.3 Å². The summed E-state index contributed by atoms with van der Waals surface area (Å²) in [5, 5.41) is 1.65. The van der Waals surface area contributed by atoms with E-state index in [2.05, 4.69) is 0 Å². The molecule has 32 heavy (non-hydrogen) atoms. The van der Waals surface area contributed by atoms with Gasteiger partial charge in [0.15, 0.2) is 6.10 Å². The Morgan fingerprint density at radius 2 is 1.44 bits per heavy atom. The van der Waals surface area contributed by atoms with E-state index >= 15 is 0 Å². The van der Waals surface area contributed by atoms with E-state index < -0.39 is 18.1 Å². The highest BCUT2D eigenvalue weighted by molar-refractivity contribution is 6.23. The zero-order chi connectivity index (χ0) is 22.2. The molecule has 2 amide bonds. The molecular weight excluding hydrogens is 408 g/mol. The largest absolute Gasteiger partial charge is 0.497 e. The van der Waals surface area contributed by atoms with Gasteiger partial charge in [0.1, 0.15) is 17.4 Å². The smallest absolute Gasteiger partial charge is 0.266 e. The van der Waals surface area contributed by atoms with Crippen molar-refractivity contribution in [2.75, 3.05) is 24.2 Å². The molecular formula is C25H22N2O5. The van der Waals surface area contributed by atoms with E-state index in [-0.39, 0.29) is 11.8 Å². The van der Waals surface area contributed by atoms with Gasteiger partial charge in [-0.25, -0.2) is 9.96 Å². The van der Waals surface area contributed by atoms with E-state index in [1.54, 1.807) is 49.6 Å². The number of carbonyl (C=O) groups excluding carboxylic acids is 2. The lowest BCUT2D eigenvalue weighted by molar-refractivity contribution is -0.126. The minimum absolute atomic E-state index is 0.299. The van der Waals surface area contributed by atoms with E-state index in [0.717, 1.165) is 11.3 Å². The molecule has 2 saturated heterocycles. The van der Waals surface area contributed by atoms with Crippen LogP contribution in [0.3, 0.4) is 0 Å². The van der Waals surface area contributed by atoms with Crippen LogP contribution in [0.4, 0.5) is 11.4 Å². The molecule has 0 spiro atoms. The van der Waals surface area contributed by atoms with Crippen LogP contribution in [0.2, 0.25) is 0 Å². The quantitative estimate of drug-likeness (QED) is 0.575. The number of amides is 2. The number of ether oxygens (including phenoxy) is 2. The zero-order valence-corrected chi connectivity index (χ0v) is 17.7. The third-order valence-electron chi connectivity index (χ3n) is 5.90. The first kappa shape index (κ1) is 20.1. The Kier molecular flexibility index (Phi) is 5.03. The van der Waals surface area contributed by atoms with Crippen LogP contribution in [0.5, 0.6) is 11.5 Å². The maximum atomic E-state index is 13.6. The molecule has 0 saturated carbocycles. The maximum Gasteiger partial charge on any atom is 0.266 e. The summed E-state index contributed by atoms with van der Waals surface area (Å²) in [5.41, 5.74) is 2.02. The van der Waals surface area contributed by atoms with Gasteiger partial charge in [-0.3, -0.25) is 14.4 Å². The standard InChI is InChI=1S/C25H22N2O5/c1-30-18-13-14-19(20(15-18)31-2)22-21-23(32-27(22)17-11-7-4-8-12-17)25(29)26(24(21)28)16-9-5-3-6-10-16/h3-15,21-23H,1-2H3/t21-,22-,23+/m1/s1. The van der Waals surface area contributed by atoms with E-state index in [1.165, 1.54) is 4.90 Å². The number of para-hydroxylation sites is 2. The Morgan fingerprint density at radius 1 is 0.781 bits per heavy atom. The van der Waals surface area contributed by atoms with E-state index in [9.17, 15) is 9.59 Å². The molecule has 0 unspecified atom stereocenters. The summed E-state index contributed by atoms with van der Waals surface area (Å²) in [6, 6.07) is 23.2. The van der Waals surface area contributed by atoms with Crippen LogP contribution in [0.15, 0.2) is 78.9 Å². The molecule has 5 rings (SSSR count). The number of rotatable bonds is 5. The number of nitrogens with zero attached hydrogens (tertiary/aromatic N) is 2. The summed E-state index contributed by atoms with van der Waals surface area (Å²) in [7, 11) is 3.15.